The number of halogens is 1. The Bertz CT molecular complexity index is 1310. The van der Waals surface area contributed by atoms with Crippen molar-refractivity contribution in [3.63, 3.8) is 0 Å². The third-order valence-corrected chi connectivity index (χ3v) is 5.06. The molecule has 0 saturated carbocycles. The molecule has 1 atom stereocenters. The van der Waals surface area contributed by atoms with Crippen LogP contribution in [0.25, 0.3) is 11.1 Å². The molecule has 1 amide bonds. The van der Waals surface area contributed by atoms with Crippen molar-refractivity contribution >= 4 is 34.3 Å². The van der Waals surface area contributed by atoms with Crippen LogP contribution in [-0.2, 0) is 11.3 Å². The lowest BCUT2D eigenvalue weighted by Crippen LogP contribution is -2.34. The van der Waals surface area contributed by atoms with E-state index in [1.807, 2.05) is 42.5 Å². The Morgan fingerprint density at radius 2 is 1.74 bits per heavy atom. The number of rotatable bonds is 6. The lowest BCUT2D eigenvalue weighted by Gasteiger charge is -2.20. The molecular weight excluding hydrogens is 422 g/mol. The van der Waals surface area contributed by atoms with Gasteiger partial charge in [-0.25, -0.2) is 4.79 Å². The van der Waals surface area contributed by atoms with Gasteiger partial charge in [0.05, 0.1) is 22.5 Å². The maximum absolute atomic E-state index is 12.9. The molecule has 156 valence electrons. The molecule has 4 rings (SSSR count). The Morgan fingerprint density at radius 1 is 1.06 bits per heavy atom. The lowest BCUT2D eigenvalue weighted by atomic mass is 9.98. The fourth-order valence-electron chi connectivity index (χ4n) is 3.33. The van der Waals surface area contributed by atoms with Crippen LogP contribution in [0, 0.1) is 10.1 Å². The molecule has 0 aliphatic heterocycles. The Hall–Kier alpha value is -3.91. The van der Waals surface area contributed by atoms with Crippen LogP contribution < -0.4 is 11.1 Å². The summed E-state index contributed by atoms with van der Waals surface area (Å²) >= 11 is 5.99. The number of hydrogen-bond donors (Lipinski definition) is 1. The van der Waals surface area contributed by atoms with E-state index in [-0.39, 0.29) is 17.8 Å². The molecule has 8 nitrogen and oxygen atoms in total. The van der Waals surface area contributed by atoms with Crippen molar-refractivity contribution in [2.24, 2.45) is 0 Å². The summed E-state index contributed by atoms with van der Waals surface area (Å²) in [6.07, 6.45) is 0. The molecule has 9 heteroatoms. The molecule has 0 fully saturated rings. The SMILES string of the molecule is O=C(Cn1c(=O)oc2cc([N+](=O)[O-])ccc21)NC(c1ccccc1)c1ccc(Cl)cc1. The van der Waals surface area contributed by atoms with Gasteiger partial charge in [0.25, 0.3) is 5.69 Å². The molecule has 1 unspecified atom stereocenters. The van der Waals surface area contributed by atoms with E-state index in [1.165, 1.54) is 12.1 Å². The van der Waals surface area contributed by atoms with E-state index < -0.39 is 22.6 Å². The molecule has 1 heterocycles. The van der Waals surface area contributed by atoms with Crippen LogP contribution in [0.5, 0.6) is 0 Å². The molecule has 0 saturated heterocycles. The van der Waals surface area contributed by atoms with Gasteiger partial charge in [0.2, 0.25) is 5.91 Å². The number of nitrogens with zero attached hydrogens (tertiary/aromatic N) is 2. The largest absolute Gasteiger partial charge is 0.420 e. The van der Waals surface area contributed by atoms with E-state index in [4.69, 9.17) is 16.0 Å². The average molecular weight is 438 g/mol. The second-order valence-corrected chi connectivity index (χ2v) is 7.26. The van der Waals surface area contributed by atoms with E-state index >= 15 is 0 Å². The van der Waals surface area contributed by atoms with Crippen molar-refractivity contribution in [1.29, 1.82) is 0 Å². The van der Waals surface area contributed by atoms with Gasteiger partial charge >= 0.3 is 5.76 Å². The highest BCUT2D eigenvalue weighted by molar-refractivity contribution is 6.30. The number of benzene rings is 3. The summed E-state index contributed by atoms with van der Waals surface area (Å²) in [5.74, 6) is -1.19. The second kappa shape index (κ2) is 8.45. The van der Waals surface area contributed by atoms with E-state index in [2.05, 4.69) is 5.32 Å². The molecule has 31 heavy (non-hydrogen) atoms. The van der Waals surface area contributed by atoms with Gasteiger partial charge < -0.3 is 9.73 Å². The molecule has 3 aromatic carbocycles. The highest BCUT2D eigenvalue weighted by Gasteiger charge is 2.20. The summed E-state index contributed by atoms with van der Waals surface area (Å²) in [6, 6.07) is 19.8. The van der Waals surface area contributed by atoms with Crippen molar-refractivity contribution in [3.8, 4) is 0 Å². The highest BCUT2D eigenvalue weighted by atomic mass is 35.5. The minimum absolute atomic E-state index is 0.0457. The molecule has 1 N–H and O–H groups in total. The number of aromatic nitrogens is 1. The summed E-state index contributed by atoms with van der Waals surface area (Å²) in [5.41, 5.74) is 1.82. The summed E-state index contributed by atoms with van der Waals surface area (Å²) in [4.78, 5) is 35.5. The zero-order chi connectivity index (χ0) is 22.0. The number of nitrogens with one attached hydrogen (secondary N) is 1. The number of nitro groups is 1. The van der Waals surface area contributed by atoms with Gasteiger partial charge in [0.1, 0.15) is 6.54 Å². The van der Waals surface area contributed by atoms with Gasteiger partial charge in [-0.3, -0.25) is 19.5 Å². The summed E-state index contributed by atoms with van der Waals surface area (Å²) in [5, 5.41) is 14.4. The topological polar surface area (TPSA) is 107 Å². The summed E-state index contributed by atoms with van der Waals surface area (Å²) in [7, 11) is 0. The number of non-ortho nitro benzene ring substituents is 1. The first-order valence-electron chi connectivity index (χ1n) is 9.30. The van der Waals surface area contributed by atoms with E-state index in [0.717, 1.165) is 21.8 Å². The average Bonchev–Trinajstić information content (AvgIpc) is 3.07. The number of fused-ring (bicyclic) bond motifs is 1. The first-order valence-corrected chi connectivity index (χ1v) is 9.68. The standard InChI is InChI=1S/C22H16ClN3O5/c23-16-8-6-15(7-9-16)21(14-4-2-1-3-5-14)24-20(27)13-25-18-11-10-17(26(29)30)12-19(18)31-22(25)28/h1-12,21H,13H2,(H,24,27). The number of hydrogen-bond acceptors (Lipinski definition) is 5. The molecular formula is C22H16ClN3O5. The van der Waals surface area contributed by atoms with Crippen molar-refractivity contribution in [2.45, 2.75) is 12.6 Å². The lowest BCUT2D eigenvalue weighted by molar-refractivity contribution is -0.384. The third-order valence-electron chi connectivity index (χ3n) is 4.81. The summed E-state index contributed by atoms with van der Waals surface area (Å²) in [6.45, 7) is -0.305. The van der Waals surface area contributed by atoms with Crippen molar-refractivity contribution in [1.82, 2.24) is 9.88 Å². The van der Waals surface area contributed by atoms with Gasteiger partial charge in [0, 0.05) is 11.1 Å². The quantitative estimate of drug-likeness (QED) is 0.361. The predicted molar refractivity (Wildman–Crippen MR) is 115 cm³/mol. The van der Waals surface area contributed by atoms with Crippen LogP contribution in [0.3, 0.4) is 0 Å². The predicted octanol–water partition coefficient (Wildman–Crippen LogP) is 4.06. The number of amides is 1. The van der Waals surface area contributed by atoms with Crippen LogP contribution in [0.4, 0.5) is 5.69 Å². The van der Waals surface area contributed by atoms with Crippen LogP contribution in [0.1, 0.15) is 17.2 Å². The highest BCUT2D eigenvalue weighted by Crippen LogP contribution is 2.24. The molecule has 4 aromatic rings. The molecule has 0 aliphatic carbocycles. The Labute approximate surface area is 180 Å². The monoisotopic (exact) mass is 437 g/mol. The number of carbonyl (C=O) groups excluding carboxylic acids is 1. The Morgan fingerprint density at radius 3 is 2.42 bits per heavy atom. The van der Waals surface area contributed by atoms with Crippen molar-refractivity contribution in [3.05, 3.63) is 110 Å². The smallest absolute Gasteiger partial charge is 0.407 e. The fourth-order valence-corrected chi connectivity index (χ4v) is 3.45. The number of nitro benzene ring substituents is 1. The molecule has 0 bridgehead atoms. The third kappa shape index (κ3) is 4.34. The van der Waals surface area contributed by atoms with E-state index in [9.17, 15) is 19.7 Å². The molecule has 0 spiro atoms. The Kier molecular flexibility index (Phi) is 5.55. The van der Waals surface area contributed by atoms with Crippen LogP contribution in [-0.4, -0.2) is 15.4 Å². The fraction of sp³-hybridized carbons (Fsp3) is 0.0909. The molecule has 0 radical (unpaired) electrons. The maximum atomic E-state index is 12.9. The van der Waals surface area contributed by atoms with Gasteiger partial charge in [-0.05, 0) is 29.3 Å². The summed E-state index contributed by atoms with van der Waals surface area (Å²) < 4.78 is 6.22. The van der Waals surface area contributed by atoms with Crippen molar-refractivity contribution < 1.29 is 14.1 Å². The normalized spacial score (nSPS) is 11.9. The number of carbonyl (C=O) groups is 1. The van der Waals surface area contributed by atoms with Crippen molar-refractivity contribution in [2.75, 3.05) is 0 Å². The molecule has 1 aromatic heterocycles. The molecule has 0 aliphatic rings. The Balaban J connectivity index is 1.63. The van der Waals surface area contributed by atoms with Crippen LogP contribution in [0.15, 0.2) is 82.0 Å². The zero-order valence-electron chi connectivity index (χ0n) is 16.0. The van der Waals surface area contributed by atoms with Gasteiger partial charge in [-0.1, -0.05) is 54.1 Å². The maximum Gasteiger partial charge on any atom is 0.420 e. The second-order valence-electron chi connectivity index (χ2n) is 6.83. The first-order chi connectivity index (χ1) is 14.9. The van der Waals surface area contributed by atoms with Gasteiger partial charge in [-0.2, -0.15) is 0 Å². The minimum Gasteiger partial charge on any atom is -0.407 e. The first kappa shape index (κ1) is 20.4. The van der Waals surface area contributed by atoms with E-state index in [0.29, 0.717) is 10.5 Å². The van der Waals surface area contributed by atoms with Gasteiger partial charge in [-0.15, -0.1) is 0 Å². The zero-order valence-corrected chi connectivity index (χ0v) is 16.8. The van der Waals surface area contributed by atoms with Gasteiger partial charge in [0.15, 0.2) is 5.58 Å². The van der Waals surface area contributed by atoms with Crippen LogP contribution in [0.2, 0.25) is 5.02 Å². The minimum atomic E-state index is -0.770. The van der Waals surface area contributed by atoms with Crippen LogP contribution >= 0.6 is 11.6 Å². The van der Waals surface area contributed by atoms with E-state index in [1.54, 1.807) is 12.1 Å². The number of oxazole rings is 1.